The fraction of sp³-hybridized carbons (Fsp3) is 0.269. The third-order valence-electron chi connectivity index (χ3n) is 5.52. The zero-order valence-corrected chi connectivity index (χ0v) is 20.4. The van der Waals surface area contributed by atoms with Gasteiger partial charge < -0.3 is 14.8 Å². The molecule has 1 heterocycles. The van der Waals surface area contributed by atoms with E-state index in [4.69, 9.17) is 9.47 Å². The number of nitrogens with zero attached hydrogens (tertiary/aromatic N) is 1. The van der Waals surface area contributed by atoms with Gasteiger partial charge in [-0.3, -0.25) is 14.4 Å². The Morgan fingerprint density at radius 3 is 2.46 bits per heavy atom. The number of nitrogens with one attached hydrogen (secondary N) is 2. The molecule has 0 spiro atoms. The lowest BCUT2D eigenvalue weighted by atomic mass is 10.1. The minimum atomic E-state index is -3.88. The first-order valence-corrected chi connectivity index (χ1v) is 13.0. The number of anilines is 2. The Morgan fingerprint density at radius 2 is 1.71 bits per heavy atom. The van der Waals surface area contributed by atoms with Gasteiger partial charge in [0.1, 0.15) is 5.75 Å². The summed E-state index contributed by atoms with van der Waals surface area (Å²) in [6.45, 7) is 6.38. The van der Waals surface area contributed by atoms with Gasteiger partial charge in [-0.1, -0.05) is 18.2 Å². The summed E-state index contributed by atoms with van der Waals surface area (Å²) in [7, 11) is -3.88. The summed E-state index contributed by atoms with van der Waals surface area (Å²) in [5.41, 5.74) is 2.39. The minimum absolute atomic E-state index is 0.0000952. The van der Waals surface area contributed by atoms with E-state index in [9.17, 15) is 13.2 Å². The van der Waals surface area contributed by atoms with E-state index in [1.807, 2.05) is 31.2 Å². The number of amides is 1. The molecule has 0 bridgehead atoms. The number of benzene rings is 3. The van der Waals surface area contributed by atoms with Gasteiger partial charge in [0.05, 0.1) is 24.7 Å². The lowest BCUT2D eigenvalue weighted by Crippen LogP contribution is -2.35. The first-order valence-electron chi connectivity index (χ1n) is 11.5. The molecule has 0 unspecified atom stereocenters. The molecule has 1 aliphatic rings. The van der Waals surface area contributed by atoms with Crippen molar-refractivity contribution in [1.82, 2.24) is 4.90 Å². The fourth-order valence-corrected chi connectivity index (χ4v) is 4.88. The van der Waals surface area contributed by atoms with Crippen LogP contribution in [0.25, 0.3) is 0 Å². The fourth-order valence-electron chi connectivity index (χ4n) is 3.77. The average molecular weight is 496 g/mol. The second kappa shape index (κ2) is 11.4. The van der Waals surface area contributed by atoms with Crippen molar-refractivity contribution in [3.63, 3.8) is 0 Å². The Labute approximate surface area is 205 Å². The van der Waals surface area contributed by atoms with E-state index in [0.29, 0.717) is 23.7 Å². The molecule has 1 aliphatic heterocycles. The van der Waals surface area contributed by atoms with Gasteiger partial charge in [-0.15, -0.1) is 0 Å². The van der Waals surface area contributed by atoms with Gasteiger partial charge in [0.25, 0.3) is 15.9 Å². The maximum absolute atomic E-state index is 12.9. The zero-order chi connectivity index (χ0) is 24.7. The molecule has 4 rings (SSSR count). The predicted octanol–water partition coefficient (Wildman–Crippen LogP) is 3.97. The highest BCUT2D eigenvalue weighted by molar-refractivity contribution is 7.92. The maximum atomic E-state index is 12.9. The third kappa shape index (κ3) is 6.82. The number of sulfonamides is 1. The van der Waals surface area contributed by atoms with E-state index >= 15 is 0 Å². The lowest BCUT2D eigenvalue weighted by molar-refractivity contribution is 0.0342. The van der Waals surface area contributed by atoms with E-state index in [-0.39, 0.29) is 16.4 Å². The zero-order valence-electron chi connectivity index (χ0n) is 19.6. The van der Waals surface area contributed by atoms with Crippen molar-refractivity contribution in [1.29, 1.82) is 0 Å². The SMILES string of the molecule is CCOc1ccc(NS(=O)(=O)c2cccc(C(=O)Nc3cccc(CN4CCOCC4)c3)c2)cc1. The van der Waals surface area contributed by atoms with E-state index < -0.39 is 10.0 Å². The van der Waals surface area contributed by atoms with Gasteiger partial charge in [-0.05, 0) is 67.1 Å². The lowest BCUT2D eigenvalue weighted by Gasteiger charge is -2.26. The largest absolute Gasteiger partial charge is 0.494 e. The standard InChI is InChI=1S/C26H29N3O5S/c1-2-34-24-11-9-22(10-12-24)28-35(31,32)25-8-4-6-21(18-25)26(30)27-23-7-3-5-20(17-23)19-29-13-15-33-16-14-29/h3-12,17-18,28H,2,13-16,19H2,1H3,(H,27,30). The highest BCUT2D eigenvalue weighted by atomic mass is 32.2. The van der Waals surface area contributed by atoms with Crippen LogP contribution < -0.4 is 14.8 Å². The molecule has 8 nitrogen and oxygen atoms in total. The quantitative estimate of drug-likeness (QED) is 0.466. The van der Waals surface area contributed by atoms with Crippen LogP contribution in [0.5, 0.6) is 5.75 Å². The number of morpholine rings is 1. The molecular weight excluding hydrogens is 466 g/mol. The Hall–Kier alpha value is -3.40. The maximum Gasteiger partial charge on any atom is 0.261 e. The number of hydrogen-bond acceptors (Lipinski definition) is 6. The van der Waals surface area contributed by atoms with Gasteiger partial charge in [-0.2, -0.15) is 0 Å². The van der Waals surface area contributed by atoms with Gasteiger partial charge in [0.15, 0.2) is 0 Å². The highest BCUT2D eigenvalue weighted by Crippen LogP contribution is 2.21. The molecule has 1 saturated heterocycles. The molecule has 184 valence electrons. The first-order chi connectivity index (χ1) is 16.9. The van der Waals surface area contributed by atoms with Crippen molar-refractivity contribution in [3.8, 4) is 5.75 Å². The monoisotopic (exact) mass is 495 g/mol. The van der Waals surface area contributed by atoms with Gasteiger partial charge in [0, 0.05) is 36.6 Å². The number of rotatable bonds is 9. The van der Waals surface area contributed by atoms with Crippen molar-refractivity contribution in [2.24, 2.45) is 0 Å². The second-order valence-electron chi connectivity index (χ2n) is 8.13. The molecule has 3 aromatic rings. The molecule has 0 saturated carbocycles. The van der Waals surface area contributed by atoms with Crippen molar-refractivity contribution >= 4 is 27.3 Å². The third-order valence-corrected chi connectivity index (χ3v) is 6.90. The van der Waals surface area contributed by atoms with Gasteiger partial charge in [0.2, 0.25) is 0 Å². The van der Waals surface area contributed by atoms with E-state index in [2.05, 4.69) is 14.9 Å². The predicted molar refractivity (Wildman–Crippen MR) is 135 cm³/mol. The number of ether oxygens (including phenoxy) is 2. The van der Waals surface area contributed by atoms with E-state index in [1.165, 1.54) is 12.1 Å². The summed E-state index contributed by atoms with van der Waals surface area (Å²) in [4.78, 5) is 15.2. The molecule has 1 amide bonds. The normalized spacial score (nSPS) is 14.3. The van der Waals surface area contributed by atoms with Crippen molar-refractivity contribution in [2.45, 2.75) is 18.4 Å². The molecule has 9 heteroatoms. The number of carbonyl (C=O) groups is 1. The van der Waals surface area contributed by atoms with Gasteiger partial charge >= 0.3 is 0 Å². The molecule has 1 fully saturated rings. The molecule has 2 N–H and O–H groups in total. The van der Waals surface area contributed by atoms with Crippen LogP contribution in [0, 0.1) is 0 Å². The summed E-state index contributed by atoms with van der Waals surface area (Å²) < 4.78 is 39.1. The summed E-state index contributed by atoms with van der Waals surface area (Å²) in [5, 5.41) is 2.87. The molecule has 0 atom stereocenters. The van der Waals surface area contributed by atoms with Crippen LogP contribution in [0.3, 0.4) is 0 Å². The Kier molecular flexibility index (Phi) is 8.02. The molecule has 0 aliphatic carbocycles. The number of hydrogen-bond donors (Lipinski definition) is 2. The van der Waals surface area contributed by atoms with E-state index in [1.54, 1.807) is 36.4 Å². The highest BCUT2D eigenvalue weighted by Gasteiger charge is 2.17. The van der Waals surface area contributed by atoms with Gasteiger partial charge in [-0.25, -0.2) is 8.42 Å². The van der Waals surface area contributed by atoms with Crippen LogP contribution in [0.4, 0.5) is 11.4 Å². The average Bonchev–Trinajstić information content (AvgIpc) is 2.86. The van der Waals surface area contributed by atoms with Crippen molar-refractivity contribution in [3.05, 3.63) is 83.9 Å². The Bertz CT molecular complexity index is 1260. The summed E-state index contributed by atoms with van der Waals surface area (Å²) >= 11 is 0. The molecule has 35 heavy (non-hydrogen) atoms. The molecule has 3 aromatic carbocycles. The van der Waals surface area contributed by atoms with Crippen LogP contribution >= 0.6 is 0 Å². The second-order valence-corrected chi connectivity index (χ2v) is 9.82. The van der Waals surface area contributed by atoms with Crippen LogP contribution in [-0.4, -0.2) is 52.1 Å². The van der Waals surface area contributed by atoms with Crippen LogP contribution in [0.15, 0.2) is 77.7 Å². The molecule has 0 radical (unpaired) electrons. The summed E-state index contributed by atoms with van der Waals surface area (Å²) in [6.07, 6.45) is 0. The van der Waals surface area contributed by atoms with Crippen LogP contribution in [0.1, 0.15) is 22.8 Å². The smallest absolute Gasteiger partial charge is 0.261 e. The first kappa shape index (κ1) is 24.7. The molecule has 0 aromatic heterocycles. The summed E-state index contributed by atoms with van der Waals surface area (Å²) in [6, 6.07) is 20.3. The minimum Gasteiger partial charge on any atom is -0.494 e. The Balaban J connectivity index is 1.43. The molecular formula is C26H29N3O5S. The van der Waals surface area contributed by atoms with Crippen molar-refractivity contribution < 1.29 is 22.7 Å². The number of carbonyl (C=O) groups excluding carboxylic acids is 1. The Morgan fingerprint density at radius 1 is 0.971 bits per heavy atom. The van der Waals surface area contributed by atoms with Crippen molar-refractivity contribution in [2.75, 3.05) is 42.9 Å². The van der Waals surface area contributed by atoms with E-state index in [0.717, 1.165) is 38.4 Å². The van der Waals surface area contributed by atoms with Crippen LogP contribution in [0.2, 0.25) is 0 Å². The summed E-state index contributed by atoms with van der Waals surface area (Å²) in [5.74, 6) is 0.273. The topological polar surface area (TPSA) is 97.0 Å². The van der Waals surface area contributed by atoms with Crippen LogP contribution in [-0.2, 0) is 21.3 Å².